The molecule has 1 fully saturated rings. The molecule has 3 aromatic heterocycles. The van der Waals surface area contributed by atoms with Crippen LogP contribution < -0.4 is 5.32 Å². The highest BCUT2D eigenvalue weighted by atomic mass is 35.5. The van der Waals surface area contributed by atoms with Crippen LogP contribution in [-0.4, -0.2) is 44.8 Å². The average Bonchev–Trinajstić information content (AvgIpc) is 3.49. The van der Waals surface area contributed by atoms with Crippen LogP contribution in [0.15, 0.2) is 54.2 Å². The molecule has 2 amide bonds. The van der Waals surface area contributed by atoms with Crippen LogP contribution >= 0.6 is 22.9 Å². The fourth-order valence-corrected chi connectivity index (χ4v) is 5.24. The third kappa shape index (κ3) is 4.77. The van der Waals surface area contributed by atoms with E-state index in [0.29, 0.717) is 36.0 Å². The summed E-state index contributed by atoms with van der Waals surface area (Å²) in [5, 5.41) is 6.98. The number of piperidine rings is 1. The monoisotopic (exact) mass is 479 g/mol. The number of H-pyrrole nitrogens is 1. The molecule has 7 nitrogen and oxygen atoms in total. The zero-order valence-corrected chi connectivity index (χ0v) is 19.3. The van der Waals surface area contributed by atoms with Gasteiger partial charge in [-0.1, -0.05) is 29.8 Å². The second kappa shape index (κ2) is 9.33. The Morgan fingerprint density at radius 3 is 2.79 bits per heavy atom. The van der Waals surface area contributed by atoms with E-state index in [4.69, 9.17) is 11.6 Å². The summed E-state index contributed by atoms with van der Waals surface area (Å²) in [5.41, 5.74) is 3.04. The van der Waals surface area contributed by atoms with Crippen molar-refractivity contribution in [1.29, 1.82) is 0 Å². The van der Waals surface area contributed by atoms with Crippen LogP contribution in [0.2, 0.25) is 5.15 Å². The van der Waals surface area contributed by atoms with Gasteiger partial charge in [0.25, 0.3) is 5.91 Å². The smallest absolute Gasteiger partial charge is 0.275 e. The minimum Gasteiger partial charge on any atom is -0.361 e. The number of nitrogens with one attached hydrogen (secondary N) is 2. The molecule has 1 aromatic carbocycles. The fourth-order valence-electron chi connectivity index (χ4n) is 4.15. The van der Waals surface area contributed by atoms with Crippen molar-refractivity contribution in [2.75, 3.05) is 18.4 Å². The zero-order valence-electron chi connectivity index (χ0n) is 17.8. The summed E-state index contributed by atoms with van der Waals surface area (Å²) in [7, 11) is 0. The summed E-state index contributed by atoms with van der Waals surface area (Å²) in [6.07, 6.45) is 5.52. The first-order valence-corrected chi connectivity index (χ1v) is 12.0. The number of aromatic amines is 1. The number of carbonyl (C=O) groups is 2. The summed E-state index contributed by atoms with van der Waals surface area (Å²) in [4.78, 5) is 39.1. The number of likely N-dealkylation sites (tertiary alicyclic amines) is 1. The van der Waals surface area contributed by atoms with Gasteiger partial charge in [0.1, 0.15) is 10.8 Å². The minimum absolute atomic E-state index is 0.147. The number of hydrogen-bond donors (Lipinski definition) is 2. The molecule has 33 heavy (non-hydrogen) atoms. The van der Waals surface area contributed by atoms with Crippen LogP contribution in [0.25, 0.3) is 10.9 Å². The average molecular weight is 480 g/mol. The summed E-state index contributed by atoms with van der Waals surface area (Å²) in [5.74, 6) is 0.132. The SMILES string of the molecule is O=C(Nc1ccc(Cl)nc1)c1csc(C2CCN(C(=O)Cc3c[nH]c4ccccc34)CC2)n1. The number of pyridine rings is 1. The molecule has 0 saturated carbocycles. The number of rotatable bonds is 5. The molecule has 4 heterocycles. The Hall–Kier alpha value is -3.23. The molecule has 0 bridgehead atoms. The molecule has 4 aromatic rings. The number of thiazole rings is 1. The number of hydrogen-bond acceptors (Lipinski definition) is 5. The molecule has 0 atom stereocenters. The maximum Gasteiger partial charge on any atom is 0.275 e. The lowest BCUT2D eigenvalue weighted by molar-refractivity contribution is -0.131. The maximum atomic E-state index is 12.9. The number of anilines is 1. The number of halogens is 1. The second-order valence-electron chi connectivity index (χ2n) is 8.09. The summed E-state index contributed by atoms with van der Waals surface area (Å²) >= 11 is 7.28. The van der Waals surface area contributed by atoms with Crippen LogP contribution in [0.5, 0.6) is 0 Å². The van der Waals surface area contributed by atoms with Gasteiger partial charge in [-0.2, -0.15) is 0 Å². The second-order valence-corrected chi connectivity index (χ2v) is 9.36. The van der Waals surface area contributed by atoms with Gasteiger partial charge in [0.15, 0.2) is 0 Å². The first-order chi connectivity index (χ1) is 16.1. The van der Waals surface area contributed by atoms with Crippen LogP contribution in [0.3, 0.4) is 0 Å². The number of para-hydroxylation sites is 1. The molecule has 0 unspecified atom stereocenters. The quantitative estimate of drug-likeness (QED) is 0.399. The predicted octanol–water partition coefficient (Wildman–Crippen LogP) is 4.87. The third-order valence-electron chi connectivity index (χ3n) is 5.95. The van der Waals surface area contributed by atoms with Crippen LogP contribution in [0, 0.1) is 0 Å². The molecule has 1 aliphatic heterocycles. The third-order valence-corrected chi connectivity index (χ3v) is 7.18. The van der Waals surface area contributed by atoms with Crippen molar-refractivity contribution in [3.63, 3.8) is 0 Å². The van der Waals surface area contributed by atoms with Gasteiger partial charge in [-0.05, 0) is 36.6 Å². The molecule has 0 radical (unpaired) electrons. The standard InChI is InChI=1S/C24H22ClN5O2S/c25-21-6-5-17(13-27-21)28-23(32)20-14-33-24(29-20)15-7-9-30(10-8-15)22(31)11-16-12-26-19-4-2-1-3-18(16)19/h1-6,12-15,26H,7-11H2,(H,28,32). The number of aromatic nitrogens is 3. The van der Waals surface area contributed by atoms with Gasteiger partial charge < -0.3 is 15.2 Å². The molecular weight excluding hydrogens is 458 g/mol. The van der Waals surface area contributed by atoms with E-state index in [0.717, 1.165) is 34.3 Å². The zero-order chi connectivity index (χ0) is 22.8. The largest absolute Gasteiger partial charge is 0.361 e. The van der Waals surface area contributed by atoms with E-state index < -0.39 is 0 Å². The van der Waals surface area contributed by atoms with Crippen molar-refractivity contribution in [2.24, 2.45) is 0 Å². The molecule has 1 saturated heterocycles. The van der Waals surface area contributed by atoms with Crippen molar-refractivity contribution in [3.05, 3.63) is 75.6 Å². The van der Waals surface area contributed by atoms with E-state index in [1.165, 1.54) is 17.5 Å². The van der Waals surface area contributed by atoms with E-state index in [9.17, 15) is 9.59 Å². The number of nitrogens with zero attached hydrogens (tertiary/aromatic N) is 3. The number of benzene rings is 1. The molecule has 168 valence electrons. The van der Waals surface area contributed by atoms with Gasteiger partial charge in [0.2, 0.25) is 5.91 Å². The van der Waals surface area contributed by atoms with Gasteiger partial charge in [0.05, 0.1) is 23.3 Å². The molecule has 0 aliphatic carbocycles. The van der Waals surface area contributed by atoms with E-state index in [1.807, 2.05) is 35.4 Å². The molecule has 1 aliphatic rings. The van der Waals surface area contributed by atoms with Gasteiger partial charge >= 0.3 is 0 Å². The molecule has 0 spiro atoms. The van der Waals surface area contributed by atoms with Gasteiger partial charge in [-0.15, -0.1) is 11.3 Å². The Morgan fingerprint density at radius 1 is 1.18 bits per heavy atom. The van der Waals surface area contributed by atoms with E-state index in [1.54, 1.807) is 17.5 Å². The predicted molar refractivity (Wildman–Crippen MR) is 130 cm³/mol. The molecule has 9 heteroatoms. The normalized spacial score (nSPS) is 14.5. The van der Waals surface area contributed by atoms with Crippen LogP contribution in [-0.2, 0) is 11.2 Å². The van der Waals surface area contributed by atoms with Crippen LogP contribution in [0.1, 0.15) is 39.8 Å². The Morgan fingerprint density at radius 2 is 2.00 bits per heavy atom. The molecule has 5 rings (SSSR count). The fraction of sp³-hybridized carbons (Fsp3) is 0.250. The summed E-state index contributed by atoms with van der Waals surface area (Å²) in [6, 6.07) is 11.4. The van der Waals surface area contributed by atoms with Gasteiger partial charge in [0, 0.05) is 41.5 Å². The lowest BCUT2D eigenvalue weighted by Gasteiger charge is -2.31. The molecular formula is C24H22ClN5O2S. The van der Waals surface area contributed by atoms with Gasteiger partial charge in [-0.25, -0.2) is 9.97 Å². The topological polar surface area (TPSA) is 91.0 Å². The number of fused-ring (bicyclic) bond motifs is 1. The number of amides is 2. The highest BCUT2D eigenvalue weighted by Crippen LogP contribution is 2.31. The highest BCUT2D eigenvalue weighted by molar-refractivity contribution is 7.10. The lowest BCUT2D eigenvalue weighted by atomic mass is 9.97. The molecule has 2 N–H and O–H groups in total. The first kappa shape index (κ1) is 21.6. The van der Waals surface area contributed by atoms with Crippen molar-refractivity contribution in [2.45, 2.75) is 25.2 Å². The van der Waals surface area contributed by atoms with Crippen molar-refractivity contribution < 1.29 is 9.59 Å². The first-order valence-electron chi connectivity index (χ1n) is 10.8. The minimum atomic E-state index is -0.270. The Kier molecular flexibility index (Phi) is 6.11. The Balaban J connectivity index is 1.16. The maximum absolute atomic E-state index is 12.9. The van der Waals surface area contributed by atoms with Crippen molar-refractivity contribution in [1.82, 2.24) is 19.9 Å². The van der Waals surface area contributed by atoms with Gasteiger partial charge in [-0.3, -0.25) is 9.59 Å². The van der Waals surface area contributed by atoms with Crippen LogP contribution in [0.4, 0.5) is 5.69 Å². The van der Waals surface area contributed by atoms with E-state index >= 15 is 0 Å². The lowest BCUT2D eigenvalue weighted by Crippen LogP contribution is -2.38. The van der Waals surface area contributed by atoms with E-state index in [2.05, 4.69) is 20.3 Å². The van der Waals surface area contributed by atoms with Crippen molar-refractivity contribution >= 4 is 51.3 Å². The Bertz CT molecular complexity index is 1290. The number of carbonyl (C=O) groups excluding carboxylic acids is 2. The highest BCUT2D eigenvalue weighted by Gasteiger charge is 2.26. The Labute approximate surface area is 199 Å². The summed E-state index contributed by atoms with van der Waals surface area (Å²) < 4.78 is 0. The van der Waals surface area contributed by atoms with Crippen molar-refractivity contribution in [3.8, 4) is 0 Å². The summed E-state index contributed by atoms with van der Waals surface area (Å²) in [6.45, 7) is 1.40. The van der Waals surface area contributed by atoms with E-state index in [-0.39, 0.29) is 17.7 Å².